The SMILES string of the molecule is CCCNC(C)C1CCCN(Cc2ccc(C)cc2)C1. The van der Waals surface area contributed by atoms with Crippen LogP contribution in [0.1, 0.15) is 44.2 Å². The topological polar surface area (TPSA) is 15.3 Å². The van der Waals surface area contributed by atoms with Crippen molar-refractivity contribution < 1.29 is 0 Å². The molecule has 20 heavy (non-hydrogen) atoms. The van der Waals surface area contributed by atoms with Crippen LogP contribution < -0.4 is 5.32 Å². The van der Waals surface area contributed by atoms with Crippen molar-refractivity contribution in [3.05, 3.63) is 35.4 Å². The van der Waals surface area contributed by atoms with E-state index in [4.69, 9.17) is 0 Å². The number of likely N-dealkylation sites (tertiary alicyclic amines) is 1. The van der Waals surface area contributed by atoms with E-state index in [0.29, 0.717) is 6.04 Å². The molecule has 0 bridgehead atoms. The molecule has 1 fully saturated rings. The molecule has 2 heteroatoms. The Hall–Kier alpha value is -0.860. The van der Waals surface area contributed by atoms with Crippen LogP contribution in [0.15, 0.2) is 24.3 Å². The standard InChI is InChI=1S/C18H30N2/c1-4-11-19-16(3)18-6-5-12-20(14-18)13-17-9-7-15(2)8-10-17/h7-10,16,18-19H,4-6,11-14H2,1-3H3. The molecule has 1 aliphatic heterocycles. The number of hydrogen-bond acceptors (Lipinski definition) is 2. The minimum Gasteiger partial charge on any atom is -0.314 e. The van der Waals surface area contributed by atoms with E-state index < -0.39 is 0 Å². The monoisotopic (exact) mass is 274 g/mol. The van der Waals surface area contributed by atoms with E-state index in [2.05, 4.69) is 55.3 Å². The summed E-state index contributed by atoms with van der Waals surface area (Å²) in [7, 11) is 0. The lowest BCUT2D eigenvalue weighted by Gasteiger charge is -2.36. The molecule has 2 unspecified atom stereocenters. The highest BCUT2D eigenvalue weighted by molar-refractivity contribution is 5.21. The second kappa shape index (κ2) is 7.80. The number of nitrogens with one attached hydrogen (secondary N) is 1. The Labute approximate surface area is 124 Å². The maximum Gasteiger partial charge on any atom is 0.0233 e. The first-order valence-corrected chi connectivity index (χ1v) is 8.20. The number of nitrogens with zero attached hydrogens (tertiary/aromatic N) is 1. The predicted molar refractivity (Wildman–Crippen MR) is 86.9 cm³/mol. The molecule has 1 aromatic carbocycles. The smallest absolute Gasteiger partial charge is 0.0233 e. The van der Waals surface area contributed by atoms with Crippen LogP contribution in [0.25, 0.3) is 0 Å². The second-order valence-electron chi connectivity index (χ2n) is 6.37. The maximum atomic E-state index is 3.67. The third-order valence-corrected chi connectivity index (χ3v) is 4.49. The van der Waals surface area contributed by atoms with E-state index >= 15 is 0 Å². The molecule has 1 saturated heterocycles. The summed E-state index contributed by atoms with van der Waals surface area (Å²) in [6.07, 6.45) is 3.95. The Bertz CT molecular complexity index is 385. The Morgan fingerprint density at radius 2 is 2.05 bits per heavy atom. The first-order chi connectivity index (χ1) is 9.69. The van der Waals surface area contributed by atoms with Gasteiger partial charge in [-0.3, -0.25) is 4.90 Å². The van der Waals surface area contributed by atoms with Crippen molar-refractivity contribution >= 4 is 0 Å². The lowest BCUT2D eigenvalue weighted by Crippen LogP contribution is -2.44. The average molecular weight is 274 g/mol. The summed E-state index contributed by atoms with van der Waals surface area (Å²) in [4.78, 5) is 2.63. The van der Waals surface area contributed by atoms with Crippen LogP contribution in [0.4, 0.5) is 0 Å². The van der Waals surface area contributed by atoms with Crippen molar-refractivity contribution in [3.63, 3.8) is 0 Å². The van der Waals surface area contributed by atoms with Gasteiger partial charge in [-0.1, -0.05) is 36.8 Å². The normalized spacial score (nSPS) is 21.9. The maximum absolute atomic E-state index is 3.67. The van der Waals surface area contributed by atoms with Crippen LogP contribution in [0.5, 0.6) is 0 Å². The zero-order valence-electron chi connectivity index (χ0n) is 13.4. The van der Waals surface area contributed by atoms with Crippen LogP contribution in [-0.4, -0.2) is 30.6 Å². The number of benzene rings is 1. The predicted octanol–water partition coefficient (Wildman–Crippen LogP) is 3.60. The fraction of sp³-hybridized carbons (Fsp3) is 0.667. The van der Waals surface area contributed by atoms with Gasteiger partial charge in [-0.25, -0.2) is 0 Å². The van der Waals surface area contributed by atoms with Gasteiger partial charge in [-0.15, -0.1) is 0 Å². The summed E-state index contributed by atoms with van der Waals surface area (Å²) < 4.78 is 0. The molecule has 0 radical (unpaired) electrons. The zero-order valence-corrected chi connectivity index (χ0v) is 13.4. The molecule has 0 aromatic heterocycles. The molecule has 2 rings (SSSR count). The highest BCUT2D eigenvalue weighted by atomic mass is 15.1. The van der Waals surface area contributed by atoms with Gasteiger partial charge < -0.3 is 5.32 Å². The van der Waals surface area contributed by atoms with Gasteiger partial charge >= 0.3 is 0 Å². The molecule has 1 aliphatic rings. The molecule has 0 saturated carbocycles. The summed E-state index contributed by atoms with van der Waals surface area (Å²) in [6.45, 7) is 11.5. The van der Waals surface area contributed by atoms with E-state index in [1.54, 1.807) is 0 Å². The fourth-order valence-corrected chi connectivity index (χ4v) is 3.13. The van der Waals surface area contributed by atoms with E-state index in [0.717, 1.165) is 19.0 Å². The van der Waals surface area contributed by atoms with Crippen molar-refractivity contribution in [1.82, 2.24) is 10.2 Å². The van der Waals surface area contributed by atoms with Crippen LogP contribution in [0.2, 0.25) is 0 Å². The minimum atomic E-state index is 0.649. The molecule has 0 spiro atoms. The summed E-state index contributed by atoms with van der Waals surface area (Å²) in [5, 5.41) is 3.67. The Morgan fingerprint density at radius 1 is 1.30 bits per heavy atom. The van der Waals surface area contributed by atoms with E-state index in [-0.39, 0.29) is 0 Å². The van der Waals surface area contributed by atoms with Crippen LogP contribution in [0, 0.1) is 12.8 Å². The van der Waals surface area contributed by atoms with Crippen LogP contribution in [-0.2, 0) is 6.54 Å². The van der Waals surface area contributed by atoms with E-state index in [1.165, 1.54) is 43.5 Å². The van der Waals surface area contributed by atoms with Gasteiger partial charge in [0, 0.05) is 19.1 Å². The highest BCUT2D eigenvalue weighted by Gasteiger charge is 2.24. The molecule has 2 atom stereocenters. The molecule has 1 heterocycles. The summed E-state index contributed by atoms with van der Waals surface area (Å²) in [6, 6.07) is 9.65. The Morgan fingerprint density at radius 3 is 2.75 bits per heavy atom. The molecular weight excluding hydrogens is 244 g/mol. The molecule has 0 amide bonds. The Kier molecular flexibility index (Phi) is 6.06. The second-order valence-corrected chi connectivity index (χ2v) is 6.37. The first-order valence-electron chi connectivity index (χ1n) is 8.20. The van der Waals surface area contributed by atoms with E-state index in [9.17, 15) is 0 Å². The fourth-order valence-electron chi connectivity index (χ4n) is 3.13. The van der Waals surface area contributed by atoms with Crippen molar-refractivity contribution in [3.8, 4) is 0 Å². The summed E-state index contributed by atoms with van der Waals surface area (Å²) in [5.74, 6) is 0.806. The van der Waals surface area contributed by atoms with Gasteiger partial charge in [-0.2, -0.15) is 0 Å². The molecule has 2 nitrogen and oxygen atoms in total. The van der Waals surface area contributed by atoms with Gasteiger partial charge in [0.15, 0.2) is 0 Å². The van der Waals surface area contributed by atoms with Crippen LogP contribution >= 0.6 is 0 Å². The first kappa shape index (κ1) is 15.5. The van der Waals surface area contributed by atoms with Crippen LogP contribution in [0.3, 0.4) is 0 Å². The van der Waals surface area contributed by atoms with Crippen molar-refractivity contribution in [2.75, 3.05) is 19.6 Å². The van der Waals surface area contributed by atoms with Gasteiger partial charge in [0.25, 0.3) is 0 Å². The third kappa shape index (κ3) is 4.60. The highest BCUT2D eigenvalue weighted by Crippen LogP contribution is 2.21. The van der Waals surface area contributed by atoms with Gasteiger partial charge in [0.1, 0.15) is 0 Å². The number of hydrogen-bond donors (Lipinski definition) is 1. The van der Waals surface area contributed by atoms with Gasteiger partial charge in [-0.05, 0) is 57.7 Å². The molecule has 112 valence electrons. The van der Waals surface area contributed by atoms with Crippen molar-refractivity contribution in [2.45, 2.75) is 52.6 Å². The molecule has 1 N–H and O–H groups in total. The van der Waals surface area contributed by atoms with Crippen molar-refractivity contribution in [1.29, 1.82) is 0 Å². The van der Waals surface area contributed by atoms with Crippen molar-refractivity contribution in [2.24, 2.45) is 5.92 Å². The number of aryl methyl sites for hydroxylation is 1. The molecule has 1 aromatic rings. The quantitative estimate of drug-likeness (QED) is 0.853. The van der Waals surface area contributed by atoms with Gasteiger partial charge in [0.05, 0.1) is 0 Å². The molecular formula is C18H30N2. The van der Waals surface area contributed by atoms with Gasteiger partial charge in [0.2, 0.25) is 0 Å². The molecule has 0 aliphatic carbocycles. The zero-order chi connectivity index (χ0) is 14.4. The lowest BCUT2D eigenvalue weighted by atomic mass is 9.91. The average Bonchev–Trinajstić information content (AvgIpc) is 2.47. The van der Waals surface area contributed by atoms with E-state index in [1.807, 2.05) is 0 Å². The summed E-state index contributed by atoms with van der Waals surface area (Å²) in [5.41, 5.74) is 2.80. The number of rotatable bonds is 6. The third-order valence-electron chi connectivity index (χ3n) is 4.49. The summed E-state index contributed by atoms with van der Waals surface area (Å²) >= 11 is 0. The Balaban J connectivity index is 1.85. The minimum absolute atomic E-state index is 0.649. The lowest BCUT2D eigenvalue weighted by molar-refractivity contribution is 0.144. The number of piperidine rings is 1. The largest absolute Gasteiger partial charge is 0.314 e.